The molecule has 0 spiro atoms. The number of rotatable bonds is 6. The van der Waals surface area contributed by atoms with Gasteiger partial charge in [0, 0.05) is 43.7 Å². The van der Waals surface area contributed by atoms with Crippen LogP contribution in [0, 0.1) is 0 Å². The van der Waals surface area contributed by atoms with Crippen LogP contribution >= 0.6 is 22.9 Å². The minimum Gasteiger partial charge on any atom is -0.494 e. The molecule has 2 aromatic heterocycles. The molecule has 5 nitrogen and oxygen atoms in total. The third-order valence-electron chi connectivity index (χ3n) is 5.78. The molecular weight excluding hydrogens is 440 g/mol. The summed E-state index contributed by atoms with van der Waals surface area (Å²) in [7, 11) is 0. The zero-order chi connectivity index (χ0) is 21.9. The molecule has 3 heterocycles. The van der Waals surface area contributed by atoms with Gasteiger partial charge in [-0.2, -0.15) is 4.98 Å². The molecule has 1 fully saturated rings. The molecule has 0 saturated carbocycles. The molecule has 1 aliphatic rings. The number of anilines is 1. The van der Waals surface area contributed by atoms with E-state index in [1.807, 2.05) is 19.1 Å². The summed E-state index contributed by atoms with van der Waals surface area (Å²) in [5, 5.41) is 3.54. The third-order valence-corrected chi connectivity index (χ3v) is 6.83. The standard InChI is InChI=1S/C25H25ClN4OS/c1-2-31-20-10-8-19(9-11-20)21-17-32-24-22(21)23(27-25(26)28-24)30-14-12-29(13-15-30)16-18-6-4-3-5-7-18/h3-11,17H,2,12-16H2,1H3. The molecule has 0 unspecified atom stereocenters. The highest BCUT2D eigenvalue weighted by atomic mass is 35.5. The summed E-state index contributed by atoms with van der Waals surface area (Å²) in [4.78, 5) is 15.0. The predicted molar refractivity (Wildman–Crippen MR) is 133 cm³/mol. The van der Waals surface area contributed by atoms with Gasteiger partial charge in [0.1, 0.15) is 16.4 Å². The maximum Gasteiger partial charge on any atom is 0.225 e. The summed E-state index contributed by atoms with van der Waals surface area (Å²) in [6.07, 6.45) is 0. The molecule has 5 rings (SSSR count). The normalized spacial score (nSPS) is 14.8. The summed E-state index contributed by atoms with van der Waals surface area (Å²) in [5.74, 6) is 1.81. The number of halogens is 1. The molecule has 0 bridgehead atoms. The van der Waals surface area contributed by atoms with E-state index in [9.17, 15) is 0 Å². The fourth-order valence-corrected chi connectivity index (χ4v) is 5.35. The summed E-state index contributed by atoms with van der Waals surface area (Å²) < 4.78 is 5.60. The molecule has 0 N–H and O–H groups in total. The lowest BCUT2D eigenvalue weighted by Crippen LogP contribution is -2.46. The van der Waals surface area contributed by atoms with Crippen LogP contribution in [0.15, 0.2) is 60.0 Å². The number of hydrogen-bond donors (Lipinski definition) is 0. The van der Waals surface area contributed by atoms with E-state index in [0.717, 1.165) is 65.6 Å². The van der Waals surface area contributed by atoms with Crippen molar-refractivity contribution in [2.45, 2.75) is 13.5 Å². The second-order valence-electron chi connectivity index (χ2n) is 7.85. The van der Waals surface area contributed by atoms with Crippen LogP contribution in [-0.2, 0) is 6.54 Å². The van der Waals surface area contributed by atoms with Crippen LogP contribution in [-0.4, -0.2) is 47.7 Å². The topological polar surface area (TPSA) is 41.5 Å². The van der Waals surface area contributed by atoms with Gasteiger partial charge in [0.05, 0.1) is 12.0 Å². The van der Waals surface area contributed by atoms with Crippen molar-refractivity contribution in [3.8, 4) is 16.9 Å². The molecule has 0 radical (unpaired) electrons. The predicted octanol–water partition coefficient (Wildman–Crippen LogP) is 5.73. The van der Waals surface area contributed by atoms with Crippen molar-refractivity contribution in [3.63, 3.8) is 0 Å². The van der Waals surface area contributed by atoms with Gasteiger partial charge in [-0.1, -0.05) is 42.5 Å². The van der Waals surface area contributed by atoms with E-state index in [4.69, 9.17) is 16.3 Å². The minimum absolute atomic E-state index is 0.305. The maximum atomic E-state index is 6.32. The molecule has 32 heavy (non-hydrogen) atoms. The monoisotopic (exact) mass is 464 g/mol. The second kappa shape index (κ2) is 9.45. The highest BCUT2D eigenvalue weighted by molar-refractivity contribution is 7.17. The molecule has 7 heteroatoms. The molecule has 1 aliphatic heterocycles. The lowest BCUT2D eigenvalue weighted by atomic mass is 10.1. The van der Waals surface area contributed by atoms with Gasteiger partial charge < -0.3 is 9.64 Å². The Morgan fingerprint density at radius 1 is 0.969 bits per heavy atom. The number of hydrogen-bond acceptors (Lipinski definition) is 6. The first-order chi connectivity index (χ1) is 15.7. The van der Waals surface area contributed by atoms with E-state index in [-0.39, 0.29) is 0 Å². The Morgan fingerprint density at radius 3 is 2.44 bits per heavy atom. The molecule has 0 atom stereocenters. The Kier molecular flexibility index (Phi) is 6.26. The largest absolute Gasteiger partial charge is 0.494 e. The first kappa shape index (κ1) is 21.2. The lowest BCUT2D eigenvalue weighted by Gasteiger charge is -2.35. The average Bonchev–Trinajstić information content (AvgIpc) is 3.24. The van der Waals surface area contributed by atoms with Crippen LogP contribution in [0.1, 0.15) is 12.5 Å². The van der Waals surface area contributed by atoms with Gasteiger partial charge in [-0.15, -0.1) is 11.3 Å². The van der Waals surface area contributed by atoms with E-state index >= 15 is 0 Å². The van der Waals surface area contributed by atoms with Crippen molar-refractivity contribution in [2.24, 2.45) is 0 Å². The van der Waals surface area contributed by atoms with Crippen LogP contribution in [0.5, 0.6) is 5.75 Å². The first-order valence-electron chi connectivity index (χ1n) is 10.9. The number of nitrogens with zero attached hydrogens (tertiary/aromatic N) is 4. The Bertz CT molecular complexity index is 1190. The molecular formula is C25H25ClN4OS. The highest BCUT2D eigenvalue weighted by Gasteiger charge is 2.23. The Labute approximate surface area is 197 Å². The molecule has 4 aromatic rings. The average molecular weight is 465 g/mol. The Hall–Kier alpha value is -2.67. The molecule has 2 aromatic carbocycles. The summed E-state index contributed by atoms with van der Waals surface area (Å²) in [6, 6.07) is 18.9. The fraction of sp³-hybridized carbons (Fsp3) is 0.280. The number of thiophene rings is 1. The number of benzene rings is 2. The van der Waals surface area contributed by atoms with Gasteiger partial charge >= 0.3 is 0 Å². The van der Waals surface area contributed by atoms with Crippen molar-refractivity contribution in [1.29, 1.82) is 0 Å². The number of piperazine rings is 1. The van der Waals surface area contributed by atoms with Crippen LogP contribution in [0.4, 0.5) is 5.82 Å². The Morgan fingerprint density at radius 2 is 1.72 bits per heavy atom. The van der Waals surface area contributed by atoms with Crippen LogP contribution in [0.2, 0.25) is 5.28 Å². The molecule has 0 aliphatic carbocycles. The second-order valence-corrected chi connectivity index (χ2v) is 9.05. The third kappa shape index (κ3) is 4.44. The molecule has 164 valence electrons. The number of fused-ring (bicyclic) bond motifs is 1. The van der Waals surface area contributed by atoms with Crippen molar-refractivity contribution in [1.82, 2.24) is 14.9 Å². The van der Waals surface area contributed by atoms with E-state index in [1.165, 1.54) is 5.56 Å². The van der Waals surface area contributed by atoms with Gasteiger partial charge in [0.15, 0.2) is 0 Å². The minimum atomic E-state index is 0.305. The van der Waals surface area contributed by atoms with Gasteiger partial charge in [0.25, 0.3) is 0 Å². The summed E-state index contributed by atoms with van der Waals surface area (Å²) >= 11 is 7.93. The SMILES string of the molecule is CCOc1ccc(-c2csc3nc(Cl)nc(N4CCN(Cc5ccccc5)CC4)c23)cc1. The van der Waals surface area contributed by atoms with Gasteiger partial charge in [-0.3, -0.25) is 4.90 Å². The summed E-state index contributed by atoms with van der Waals surface area (Å²) in [5.41, 5.74) is 3.63. The van der Waals surface area contributed by atoms with Crippen molar-refractivity contribution in [2.75, 3.05) is 37.7 Å². The molecule has 1 saturated heterocycles. The quantitative estimate of drug-likeness (QED) is 0.341. The summed E-state index contributed by atoms with van der Waals surface area (Å²) in [6.45, 7) is 7.42. The van der Waals surface area contributed by atoms with Crippen LogP contribution < -0.4 is 9.64 Å². The van der Waals surface area contributed by atoms with Crippen LogP contribution in [0.3, 0.4) is 0 Å². The number of aromatic nitrogens is 2. The highest BCUT2D eigenvalue weighted by Crippen LogP contribution is 2.39. The van der Waals surface area contributed by atoms with E-state index in [1.54, 1.807) is 11.3 Å². The first-order valence-corrected chi connectivity index (χ1v) is 12.2. The fourth-order valence-electron chi connectivity index (χ4n) is 4.20. The molecule has 0 amide bonds. The van der Waals surface area contributed by atoms with Gasteiger partial charge in [-0.05, 0) is 41.8 Å². The Balaban J connectivity index is 1.41. The van der Waals surface area contributed by atoms with Crippen molar-refractivity contribution in [3.05, 3.63) is 70.8 Å². The maximum absolute atomic E-state index is 6.32. The number of ether oxygens (including phenoxy) is 1. The van der Waals surface area contributed by atoms with Gasteiger partial charge in [-0.25, -0.2) is 4.98 Å². The van der Waals surface area contributed by atoms with E-state index < -0.39 is 0 Å². The van der Waals surface area contributed by atoms with E-state index in [0.29, 0.717) is 11.9 Å². The van der Waals surface area contributed by atoms with Crippen molar-refractivity contribution < 1.29 is 4.74 Å². The zero-order valence-electron chi connectivity index (χ0n) is 18.0. The van der Waals surface area contributed by atoms with Crippen LogP contribution in [0.25, 0.3) is 21.3 Å². The van der Waals surface area contributed by atoms with Gasteiger partial charge in [0.2, 0.25) is 5.28 Å². The van der Waals surface area contributed by atoms with E-state index in [2.05, 4.69) is 67.6 Å². The zero-order valence-corrected chi connectivity index (χ0v) is 19.6. The van der Waals surface area contributed by atoms with Crippen molar-refractivity contribution >= 4 is 39.0 Å². The lowest BCUT2D eigenvalue weighted by molar-refractivity contribution is 0.249. The smallest absolute Gasteiger partial charge is 0.225 e.